The summed E-state index contributed by atoms with van der Waals surface area (Å²) in [6.07, 6.45) is 2.04. The molecule has 2 rings (SSSR count). The van der Waals surface area contributed by atoms with Crippen LogP contribution in [0.1, 0.15) is 5.56 Å². The summed E-state index contributed by atoms with van der Waals surface area (Å²) in [5.74, 6) is 0.394. The van der Waals surface area contributed by atoms with Crippen molar-refractivity contribution in [1.82, 2.24) is 9.97 Å². The van der Waals surface area contributed by atoms with Crippen LogP contribution >= 0.6 is 0 Å². The molecule has 8 nitrogen and oxygen atoms in total. The maximum Gasteiger partial charge on any atom is 0.353 e. The minimum Gasteiger partial charge on any atom is -0.383 e. The Morgan fingerprint density at radius 2 is 1.78 bits per heavy atom. The minimum absolute atomic E-state index is 0.156. The highest BCUT2D eigenvalue weighted by Gasteiger charge is 2.22. The van der Waals surface area contributed by atoms with Crippen LogP contribution in [0.5, 0.6) is 0 Å². The molecule has 1 heterocycles. The maximum atomic E-state index is 11.3. The van der Waals surface area contributed by atoms with Gasteiger partial charge in [-0.15, -0.1) is 0 Å². The Morgan fingerprint density at radius 3 is 2.39 bits per heavy atom. The average molecular weight is 317 g/mol. The lowest BCUT2D eigenvalue weighted by molar-refractivity contribution is -0.383. The molecule has 0 aliphatic heterocycles. The van der Waals surface area contributed by atoms with Crippen molar-refractivity contribution in [2.45, 2.75) is 6.42 Å². The van der Waals surface area contributed by atoms with Crippen LogP contribution < -0.4 is 10.6 Å². The molecule has 0 spiro atoms. The normalized spacial score (nSPS) is 10.3. The molecule has 0 bridgehead atoms. The second-order valence-corrected chi connectivity index (χ2v) is 4.76. The van der Waals surface area contributed by atoms with Crippen LogP contribution in [0.15, 0.2) is 36.7 Å². The summed E-state index contributed by atoms with van der Waals surface area (Å²) in [7, 11) is 1.56. The van der Waals surface area contributed by atoms with Crippen LogP contribution in [-0.2, 0) is 11.2 Å². The lowest BCUT2D eigenvalue weighted by atomic mass is 10.1. The van der Waals surface area contributed by atoms with E-state index in [9.17, 15) is 10.1 Å². The van der Waals surface area contributed by atoms with Crippen molar-refractivity contribution >= 4 is 17.3 Å². The van der Waals surface area contributed by atoms with Gasteiger partial charge in [-0.1, -0.05) is 30.3 Å². The Bertz CT molecular complexity index is 636. The Balaban J connectivity index is 2.05. The Hall–Kier alpha value is -2.74. The second-order valence-electron chi connectivity index (χ2n) is 4.76. The number of methoxy groups -OCH3 is 1. The molecular weight excluding hydrogens is 298 g/mol. The number of hydrogen-bond acceptors (Lipinski definition) is 7. The molecular formula is C15H19N5O3. The van der Waals surface area contributed by atoms with Crippen molar-refractivity contribution in [3.05, 3.63) is 52.3 Å². The zero-order valence-electron chi connectivity index (χ0n) is 12.9. The highest BCUT2D eigenvalue weighted by molar-refractivity contribution is 5.69. The van der Waals surface area contributed by atoms with Crippen LogP contribution in [-0.4, -0.2) is 41.7 Å². The van der Waals surface area contributed by atoms with Crippen molar-refractivity contribution in [3.63, 3.8) is 0 Å². The highest BCUT2D eigenvalue weighted by Crippen LogP contribution is 2.28. The Labute approximate surface area is 134 Å². The van der Waals surface area contributed by atoms with E-state index in [1.165, 1.54) is 6.33 Å². The molecule has 0 radical (unpaired) electrons. The van der Waals surface area contributed by atoms with Crippen molar-refractivity contribution in [2.75, 3.05) is 37.4 Å². The molecule has 8 heteroatoms. The van der Waals surface area contributed by atoms with Crippen molar-refractivity contribution in [3.8, 4) is 0 Å². The first-order valence-corrected chi connectivity index (χ1v) is 7.22. The molecule has 0 atom stereocenters. The second kappa shape index (κ2) is 8.64. The first kappa shape index (κ1) is 16.6. The maximum absolute atomic E-state index is 11.3. The molecule has 1 aromatic carbocycles. The zero-order chi connectivity index (χ0) is 16.5. The molecule has 23 heavy (non-hydrogen) atoms. The number of benzene rings is 1. The third-order valence-corrected chi connectivity index (χ3v) is 3.15. The van der Waals surface area contributed by atoms with Crippen molar-refractivity contribution in [1.29, 1.82) is 0 Å². The molecule has 2 N–H and O–H groups in total. The number of nitrogens with one attached hydrogen (secondary N) is 2. The molecule has 122 valence electrons. The molecule has 0 aliphatic carbocycles. The van der Waals surface area contributed by atoms with E-state index in [2.05, 4.69) is 20.6 Å². The van der Waals surface area contributed by atoms with E-state index in [0.717, 1.165) is 12.0 Å². The standard InChI is InChI=1S/C15H19N5O3/c1-23-10-9-17-15-13(20(21)22)14(18-11-19-15)16-8-7-12-5-3-2-4-6-12/h2-6,11H,7-10H2,1H3,(H2,16,17,18,19). The van der Waals surface area contributed by atoms with Gasteiger partial charge in [0.25, 0.3) is 0 Å². The molecule has 2 aromatic rings. The lowest BCUT2D eigenvalue weighted by Crippen LogP contribution is -2.14. The van der Waals surface area contributed by atoms with Gasteiger partial charge in [-0.2, -0.15) is 0 Å². The topological polar surface area (TPSA) is 102 Å². The number of hydrogen-bond donors (Lipinski definition) is 2. The van der Waals surface area contributed by atoms with Gasteiger partial charge in [-0.3, -0.25) is 10.1 Å². The van der Waals surface area contributed by atoms with Crippen LogP contribution in [0.3, 0.4) is 0 Å². The fourth-order valence-corrected chi connectivity index (χ4v) is 2.05. The quantitative estimate of drug-likeness (QED) is 0.415. The largest absolute Gasteiger partial charge is 0.383 e. The first-order chi connectivity index (χ1) is 11.2. The molecule has 1 aromatic heterocycles. The predicted molar refractivity (Wildman–Crippen MR) is 87.7 cm³/mol. The van der Waals surface area contributed by atoms with Gasteiger partial charge in [0.05, 0.1) is 11.5 Å². The van der Waals surface area contributed by atoms with Gasteiger partial charge in [-0.25, -0.2) is 9.97 Å². The van der Waals surface area contributed by atoms with Gasteiger partial charge in [0.2, 0.25) is 11.6 Å². The summed E-state index contributed by atoms with van der Waals surface area (Å²) in [4.78, 5) is 18.8. The van der Waals surface area contributed by atoms with E-state index in [-0.39, 0.29) is 17.3 Å². The van der Waals surface area contributed by atoms with Gasteiger partial charge < -0.3 is 15.4 Å². The number of rotatable bonds is 9. The van der Waals surface area contributed by atoms with Crippen LogP contribution in [0, 0.1) is 10.1 Å². The molecule has 0 amide bonds. The SMILES string of the molecule is COCCNc1ncnc(NCCc2ccccc2)c1[N+](=O)[O-]. The van der Waals surface area contributed by atoms with Gasteiger partial charge >= 0.3 is 5.69 Å². The van der Waals surface area contributed by atoms with E-state index in [1.54, 1.807) is 7.11 Å². The third kappa shape index (κ3) is 4.89. The number of anilines is 2. The molecule has 0 fully saturated rings. The molecule has 0 saturated carbocycles. The third-order valence-electron chi connectivity index (χ3n) is 3.15. The number of aromatic nitrogens is 2. The van der Waals surface area contributed by atoms with Crippen LogP contribution in [0.4, 0.5) is 17.3 Å². The summed E-state index contributed by atoms with van der Waals surface area (Å²) < 4.78 is 4.92. The Kier molecular flexibility index (Phi) is 6.25. The monoisotopic (exact) mass is 317 g/mol. The highest BCUT2D eigenvalue weighted by atomic mass is 16.6. The number of nitro groups is 1. The van der Waals surface area contributed by atoms with Crippen LogP contribution in [0.2, 0.25) is 0 Å². The molecule has 0 aliphatic rings. The number of ether oxygens (including phenoxy) is 1. The van der Waals surface area contributed by atoms with E-state index < -0.39 is 4.92 Å². The van der Waals surface area contributed by atoms with E-state index >= 15 is 0 Å². The van der Waals surface area contributed by atoms with Crippen molar-refractivity contribution in [2.24, 2.45) is 0 Å². The van der Waals surface area contributed by atoms with Crippen LogP contribution in [0.25, 0.3) is 0 Å². The fourth-order valence-electron chi connectivity index (χ4n) is 2.05. The van der Waals surface area contributed by atoms with Gasteiger partial charge in [0.15, 0.2) is 0 Å². The first-order valence-electron chi connectivity index (χ1n) is 7.22. The summed E-state index contributed by atoms with van der Waals surface area (Å²) in [5, 5.41) is 17.2. The lowest BCUT2D eigenvalue weighted by Gasteiger charge is -2.09. The Morgan fingerprint density at radius 1 is 1.13 bits per heavy atom. The van der Waals surface area contributed by atoms with Gasteiger partial charge in [0, 0.05) is 20.2 Å². The summed E-state index contributed by atoms with van der Waals surface area (Å²) in [6, 6.07) is 9.88. The summed E-state index contributed by atoms with van der Waals surface area (Å²) in [6.45, 7) is 1.40. The van der Waals surface area contributed by atoms with E-state index in [1.807, 2.05) is 30.3 Å². The smallest absolute Gasteiger partial charge is 0.353 e. The predicted octanol–water partition coefficient (Wildman–Crippen LogP) is 2.10. The molecule has 0 unspecified atom stereocenters. The van der Waals surface area contributed by atoms with E-state index in [0.29, 0.717) is 19.7 Å². The summed E-state index contributed by atoms with van der Waals surface area (Å²) >= 11 is 0. The molecule has 0 saturated heterocycles. The minimum atomic E-state index is -0.486. The van der Waals surface area contributed by atoms with E-state index in [4.69, 9.17) is 4.74 Å². The fraction of sp³-hybridized carbons (Fsp3) is 0.333. The van der Waals surface area contributed by atoms with Gasteiger partial charge in [0.1, 0.15) is 6.33 Å². The summed E-state index contributed by atoms with van der Waals surface area (Å²) in [5.41, 5.74) is 0.992. The van der Waals surface area contributed by atoms with Gasteiger partial charge in [-0.05, 0) is 12.0 Å². The number of nitrogens with zero attached hydrogens (tertiary/aromatic N) is 3. The zero-order valence-corrected chi connectivity index (χ0v) is 12.9. The van der Waals surface area contributed by atoms with Crippen molar-refractivity contribution < 1.29 is 9.66 Å². The average Bonchev–Trinajstić information content (AvgIpc) is 2.56.